The van der Waals surface area contributed by atoms with Gasteiger partial charge in [0.2, 0.25) is 0 Å². The minimum absolute atomic E-state index is 0.0247. The lowest BCUT2D eigenvalue weighted by atomic mass is 9.95. The van der Waals surface area contributed by atoms with Crippen LogP contribution in [0.1, 0.15) is 17.2 Å². The molecule has 7 heteroatoms. The molecule has 1 amide bonds. The Hall–Kier alpha value is -2.83. The summed E-state index contributed by atoms with van der Waals surface area (Å²) in [5.41, 5.74) is 1.09. The Balaban J connectivity index is 2.16. The van der Waals surface area contributed by atoms with E-state index in [0.29, 0.717) is 21.9 Å². The molecule has 1 saturated heterocycles. The fourth-order valence-corrected chi connectivity index (χ4v) is 3.35. The van der Waals surface area contributed by atoms with Crippen LogP contribution in [0.5, 0.6) is 5.75 Å². The molecule has 0 spiro atoms. The SMILES string of the molecule is COCCN1C(=O)C(=O)/C(=C(/O)c2ccc(Cl)cc2)[C@@H]1c1cccc(OC)c1. The van der Waals surface area contributed by atoms with E-state index in [-0.39, 0.29) is 24.5 Å². The lowest BCUT2D eigenvalue weighted by molar-refractivity contribution is -0.140. The first-order chi connectivity index (χ1) is 13.5. The molecule has 1 aliphatic heterocycles. The minimum atomic E-state index is -0.749. The van der Waals surface area contributed by atoms with Gasteiger partial charge in [0, 0.05) is 24.2 Å². The molecule has 0 aliphatic carbocycles. The molecule has 0 saturated carbocycles. The lowest BCUT2D eigenvalue weighted by Gasteiger charge is -2.25. The van der Waals surface area contributed by atoms with Crippen molar-refractivity contribution in [3.63, 3.8) is 0 Å². The molecule has 0 bridgehead atoms. The summed E-state index contributed by atoms with van der Waals surface area (Å²) in [6, 6.07) is 12.7. The first kappa shape index (κ1) is 19.9. The van der Waals surface area contributed by atoms with Crippen molar-refractivity contribution < 1.29 is 24.2 Å². The maximum atomic E-state index is 12.8. The Morgan fingerprint density at radius 1 is 1.14 bits per heavy atom. The maximum absolute atomic E-state index is 12.8. The van der Waals surface area contributed by atoms with E-state index in [2.05, 4.69) is 0 Å². The number of Topliss-reactive ketones (excluding diaryl/α,β-unsaturated/α-hetero) is 1. The highest BCUT2D eigenvalue weighted by atomic mass is 35.5. The highest BCUT2D eigenvalue weighted by Crippen LogP contribution is 2.40. The number of nitrogens with zero attached hydrogens (tertiary/aromatic N) is 1. The van der Waals surface area contributed by atoms with E-state index < -0.39 is 17.7 Å². The number of benzene rings is 2. The molecule has 0 aromatic heterocycles. The van der Waals surface area contributed by atoms with Gasteiger partial charge in [-0.1, -0.05) is 23.7 Å². The van der Waals surface area contributed by atoms with Gasteiger partial charge in [-0.05, 0) is 42.0 Å². The largest absolute Gasteiger partial charge is 0.507 e. The number of aliphatic hydroxyl groups excluding tert-OH is 1. The number of halogens is 1. The number of ketones is 1. The number of rotatable bonds is 6. The summed E-state index contributed by atoms with van der Waals surface area (Å²) in [5.74, 6) is -1.08. The quantitative estimate of drug-likeness (QED) is 0.456. The molecule has 1 heterocycles. The van der Waals surface area contributed by atoms with Crippen LogP contribution >= 0.6 is 11.6 Å². The topological polar surface area (TPSA) is 76.1 Å². The average Bonchev–Trinajstić information content (AvgIpc) is 2.97. The molecule has 1 fully saturated rings. The van der Waals surface area contributed by atoms with Crippen LogP contribution in [0.25, 0.3) is 5.76 Å². The standard InChI is InChI=1S/C21H20ClNO5/c1-27-11-10-23-18(14-4-3-5-16(12-14)28-2)17(20(25)21(23)26)19(24)13-6-8-15(22)9-7-13/h3-9,12,18,24H,10-11H2,1-2H3/b19-17+/t18-/m0/s1. The number of carbonyl (C=O) groups excluding carboxylic acids is 2. The summed E-state index contributed by atoms with van der Waals surface area (Å²) in [6.07, 6.45) is 0. The summed E-state index contributed by atoms with van der Waals surface area (Å²) in [4.78, 5) is 26.9. The normalized spacial score (nSPS) is 18.5. The van der Waals surface area contributed by atoms with Gasteiger partial charge in [-0.25, -0.2) is 0 Å². The molecule has 146 valence electrons. The molecule has 6 nitrogen and oxygen atoms in total. The molecule has 1 aliphatic rings. The van der Waals surface area contributed by atoms with E-state index >= 15 is 0 Å². The summed E-state index contributed by atoms with van der Waals surface area (Å²) in [7, 11) is 3.06. The smallest absolute Gasteiger partial charge is 0.295 e. The highest BCUT2D eigenvalue weighted by molar-refractivity contribution is 6.46. The molecule has 0 unspecified atom stereocenters. The molecular formula is C21H20ClNO5. The number of likely N-dealkylation sites (tertiary alicyclic amines) is 1. The van der Waals surface area contributed by atoms with Gasteiger partial charge >= 0.3 is 0 Å². The Morgan fingerprint density at radius 3 is 2.50 bits per heavy atom. The number of methoxy groups -OCH3 is 2. The van der Waals surface area contributed by atoms with Crippen molar-refractivity contribution in [3.05, 3.63) is 70.3 Å². The van der Waals surface area contributed by atoms with E-state index in [4.69, 9.17) is 21.1 Å². The Kier molecular flexibility index (Phi) is 6.02. The van der Waals surface area contributed by atoms with Crippen LogP contribution < -0.4 is 4.74 Å². The monoisotopic (exact) mass is 401 g/mol. The third-order valence-corrected chi connectivity index (χ3v) is 4.86. The summed E-state index contributed by atoms with van der Waals surface area (Å²) in [6.45, 7) is 0.467. The minimum Gasteiger partial charge on any atom is -0.507 e. The van der Waals surface area contributed by atoms with Crippen LogP contribution in [0, 0.1) is 0 Å². The Morgan fingerprint density at radius 2 is 1.86 bits per heavy atom. The van der Waals surface area contributed by atoms with E-state index in [1.807, 2.05) is 0 Å². The zero-order valence-electron chi connectivity index (χ0n) is 15.5. The second-order valence-electron chi connectivity index (χ2n) is 6.27. The molecule has 2 aromatic rings. The second kappa shape index (κ2) is 8.46. The fourth-order valence-electron chi connectivity index (χ4n) is 3.22. The molecule has 3 rings (SSSR count). The van der Waals surface area contributed by atoms with Gasteiger partial charge < -0.3 is 19.5 Å². The summed E-state index contributed by atoms with van der Waals surface area (Å²) >= 11 is 5.91. The zero-order chi connectivity index (χ0) is 20.3. The molecule has 28 heavy (non-hydrogen) atoms. The maximum Gasteiger partial charge on any atom is 0.295 e. The van der Waals surface area contributed by atoms with Gasteiger partial charge in [-0.3, -0.25) is 9.59 Å². The molecule has 0 radical (unpaired) electrons. The van der Waals surface area contributed by atoms with E-state index in [9.17, 15) is 14.7 Å². The molecule has 1 atom stereocenters. The van der Waals surface area contributed by atoms with E-state index in [0.717, 1.165) is 0 Å². The van der Waals surface area contributed by atoms with Gasteiger partial charge in [0.1, 0.15) is 11.5 Å². The van der Waals surface area contributed by atoms with Gasteiger partial charge in [0.25, 0.3) is 11.7 Å². The van der Waals surface area contributed by atoms with Crippen molar-refractivity contribution in [2.45, 2.75) is 6.04 Å². The second-order valence-corrected chi connectivity index (χ2v) is 6.71. The third-order valence-electron chi connectivity index (χ3n) is 4.60. The molecular weight excluding hydrogens is 382 g/mol. The van der Waals surface area contributed by atoms with Crippen molar-refractivity contribution in [3.8, 4) is 5.75 Å². The van der Waals surface area contributed by atoms with Crippen LogP contribution in [-0.2, 0) is 14.3 Å². The zero-order valence-corrected chi connectivity index (χ0v) is 16.3. The van der Waals surface area contributed by atoms with Crippen molar-refractivity contribution in [2.24, 2.45) is 0 Å². The van der Waals surface area contributed by atoms with Gasteiger partial charge in [-0.15, -0.1) is 0 Å². The lowest BCUT2D eigenvalue weighted by Crippen LogP contribution is -2.32. The van der Waals surface area contributed by atoms with Gasteiger partial charge in [0.15, 0.2) is 0 Å². The van der Waals surface area contributed by atoms with Crippen LogP contribution in [0.15, 0.2) is 54.1 Å². The number of hydrogen-bond acceptors (Lipinski definition) is 5. The molecule has 2 aromatic carbocycles. The number of carbonyl (C=O) groups is 2. The number of hydrogen-bond donors (Lipinski definition) is 1. The molecule has 1 N–H and O–H groups in total. The fraction of sp³-hybridized carbons (Fsp3) is 0.238. The van der Waals surface area contributed by atoms with Crippen LogP contribution in [0.4, 0.5) is 0 Å². The van der Waals surface area contributed by atoms with E-state index in [1.54, 1.807) is 48.5 Å². The van der Waals surface area contributed by atoms with Gasteiger partial charge in [-0.2, -0.15) is 0 Å². The number of ether oxygens (including phenoxy) is 2. The Labute approximate surface area is 167 Å². The van der Waals surface area contributed by atoms with Crippen LogP contribution in [0.2, 0.25) is 5.02 Å². The first-order valence-corrected chi connectivity index (χ1v) is 9.03. The van der Waals surface area contributed by atoms with Crippen molar-refractivity contribution in [1.82, 2.24) is 4.90 Å². The van der Waals surface area contributed by atoms with Crippen LogP contribution in [0.3, 0.4) is 0 Å². The average molecular weight is 402 g/mol. The van der Waals surface area contributed by atoms with Crippen molar-refractivity contribution in [2.75, 3.05) is 27.4 Å². The number of amides is 1. The highest BCUT2D eigenvalue weighted by Gasteiger charge is 2.45. The Bertz CT molecular complexity index is 923. The van der Waals surface area contributed by atoms with Crippen molar-refractivity contribution >= 4 is 29.1 Å². The van der Waals surface area contributed by atoms with Gasteiger partial charge in [0.05, 0.1) is 25.3 Å². The van der Waals surface area contributed by atoms with Crippen LogP contribution in [-0.4, -0.2) is 49.1 Å². The summed E-state index contributed by atoms with van der Waals surface area (Å²) in [5, 5.41) is 11.4. The predicted molar refractivity (Wildman–Crippen MR) is 105 cm³/mol. The summed E-state index contributed by atoms with van der Waals surface area (Å²) < 4.78 is 10.4. The number of aliphatic hydroxyl groups is 1. The van der Waals surface area contributed by atoms with E-state index in [1.165, 1.54) is 19.1 Å². The predicted octanol–water partition coefficient (Wildman–Crippen LogP) is 3.42. The third kappa shape index (κ3) is 3.74. The van der Waals surface area contributed by atoms with Crippen molar-refractivity contribution in [1.29, 1.82) is 0 Å². The first-order valence-electron chi connectivity index (χ1n) is 8.65.